The Morgan fingerprint density at radius 1 is 0.783 bits per heavy atom. The van der Waals surface area contributed by atoms with E-state index in [9.17, 15) is 78.0 Å². The molecule has 10 rings (SSSR count). The Morgan fingerprint density at radius 2 is 1.46 bits per heavy atom. The van der Waals surface area contributed by atoms with E-state index in [1.165, 1.54) is 73.0 Å². The van der Waals surface area contributed by atoms with Crippen molar-refractivity contribution in [2.75, 3.05) is 69.3 Å². The Morgan fingerprint density at radius 3 is 2.12 bits per heavy atom. The van der Waals surface area contributed by atoms with E-state index in [1.807, 2.05) is 31.2 Å². The molecule has 1 unspecified atom stereocenters. The SMILES string of the molecule is COc1cc2cc(c1Cl)N(C)C(=O)CC1(OC(=O)[C@H](C)N(C)C(=O)CCSSC[C@H](NC(=O)[C@H](C)NC(=O)[C@H](C)NC(=O)[C@@H](NC(=O)[C@@H]3CSSC[C@H](NC(=O)[C@H](N)Cc4ccccc4)C(=O)N[C@@H](Cc4ccc(O)cc4)CN[C@H](Cc4c[nH]c5ccccc45)C(=O)N[C@@H](CCCCN)C(=O)N[C@@H]([C@@H](C)O)C(=O)N3)[C@@H](C)O)C(N)=O)O[C@@H]([C@H](C)[C@@H]3C[C@@](O)(NC(=O)O3)[C@H](OC)/C=C/C=C(\C)C2)[C@@H]1C. The zero-order valence-corrected chi connectivity index (χ0v) is 83.0. The number of nitrogens with zero attached hydrogens (tertiary/aromatic N) is 2. The zero-order valence-electron chi connectivity index (χ0n) is 78.9. The first-order valence-corrected chi connectivity index (χ1v) is 50.6. The molecule has 4 aromatic carbocycles. The van der Waals surface area contributed by atoms with Crippen LogP contribution in [-0.2, 0) is 107 Å². The fourth-order valence-corrected chi connectivity index (χ4v) is 20.8. The average molecular weight is 2020 g/mol. The lowest BCUT2D eigenvalue weighted by Crippen LogP contribution is -2.68. The quantitative estimate of drug-likeness (QED) is 0.0159. The normalized spacial score (nSPS) is 25.6. The molecule has 138 heavy (non-hydrogen) atoms. The smallest absolute Gasteiger partial charge is 0.409 e. The summed E-state index contributed by atoms with van der Waals surface area (Å²) in [5, 5.41) is 75.0. The number of phenolic OH excluding ortho intramolecular Hbond substituents is 1. The molecule has 0 aliphatic carbocycles. The van der Waals surface area contributed by atoms with E-state index in [4.69, 9.17) is 52.5 Å². The number of hydrogen-bond donors (Lipinski definition) is 19. The Kier molecular flexibility index (Phi) is 41.7. The summed E-state index contributed by atoms with van der Waals surface area (Å²) < 4.78 is 29.8. The van der Waals surface area contributed by atoms with Crippen LogP contribution in [0.2, 0.25) is 5.02 Å². The lowest BCUT2D eigenvalue weighted by atomic mass is 9.75. The summed E-state index contributed by atoms with van der Waals surface area (Å²) in [5.74, 6) is -15.3. The number of carbonyl (C=O) groups excluding carboxylic acids is 14. The number of nitrogens with two attached hydrogens (primary N) is 3. The Labute approximate surface area is 821 Å². The minimum absolute atomic E-state index is 0.0180. The summed E-state index contributed by atoms with van der Waals surface area (Å²) in [4.78, 5) is 205. The van der Waals surface area contributed by atoms with E-state index in [0.29, 0.717) is 36.0 Å². The minimum atomic E-state index is -1.96. The van der Waals surface area contributed by atoms with Gasteiger partial charge < -0.3 is 129 Å². The number of aliphatic hydroxyl groups is 3. The van der Waals surface area contributed by atoms with Gasteiger partial charge in [0.15, 0.2) is 5.72 Å². The molecule has 754 valence electrons. The molecule has 13 amide bonds. The van der Waals surface area contributed by atoms with Gasteiger partial charge in [-0.3, -0.25) is 62.9 Å². The predicted octanol–water partition coefficient (Wildman–Crippen LogP) is 1.87. The highest BCUT2D eigenvalue weighted by molar-refractivity contribution is 8.77. The molecule has 40 nitrogen and oxygen atoms in total. The van der Waals surface area contributed by atoms with Gasteiger partial charge in [0.05, 0.1) is 49.6 Å². The van der Waals surface area contributed by atoms with Crippen LogP contribution in [0, 0.1) is 11.8 Å². The van der Waals surface area contributed by atoms with Crippen molar-refractivity contribution in [3.63, 3.8) is 0 Å². The highest BCUT2D eigenvalue weighted by Gasteiger charge is 2.62. The number of para-hydroxylation sites is 1. The summed E-state index contributed by atoms with van der Waals surface area (Å²) in [6.07, 6.45) is -0.0214. The summed E-state index contributed by atoms with van der Waals surface area (Å²) in [5.41, 5.74) is 20.9. The van der Waals surface area contributed by atoms with Crippen LogP contribution in [0.3, 0.4) is 0 Å². The van der Waals surface area contributed by atoms with E-state index in [0.717, 1.165) is 77.0 Å². The molecule has 5 aliphatic rings. The van der Waals surface area contributed by atoms with Crippen LogP contribution < -0.4 is 85.3 Å². The number of allylic oxidation sites excluding steroid dienone is 3. The van der Waals surface area contributed by atoms with Gasteiger partial charge in [-0.25, -0.2) is 9.59 Å². The largest absolute Gasteiger partial charge is 0.508 e. The molecular weight excluding hydrogens is 1890 g/mol. The molecule has 21 atom stereocenters. The van der Waals surface area contributed by atoms with Gasteiger partial charge >= 0.3 is 12.1 Å². The van der Waals surface area contributed by atoms with Gasteiger partial charge in [-0.2, -0.15) is 0 Å². The second kappa shape index (κ2) is 52.0. The Hall–Kier alpha value is -10.7. The number of alkyl carbamates (subject to hydrolysis) is 1. The van der Waals surface area contributed by atoms with Crippen LogP contribution in [0.4, 0.5) is 10.5 Å². The first kappa shape index (κ1) is 111. The number of anilines is 1. The van der Waals surface area contributed by atoms with Gasteiger partial charge in [0.2, 0.25) is 76.7 Å². The van der Waals surface area contributed by atoms with Gasteiger partial charge in [-0.15, -0.1) is 0 Å². The predicted molar refractivity (Wildman–Crippen MR) is 523 cm³/mol. The van der Waals surface area contributed by atoms with Crippen molar-refractivity contribution >= 4 is 154 Å². The topological polar surface area (TPSA) is 599 Å². The number of benzene rings is 4. The summed E-state index contributed by atoms with van der Waals surface area (Å²) >= 11 is 6.88. The maximum Gasteiger partial charge on any atom is 0.409 e. The number of carbonyl (C=O) groups is 14. The third-order valence-electron chi connectivity index (χ3n) is 24.4. The van der Waals surface area contributed by atoms with Crippen molar-refractivity contribution in [3.8, 4) is 11.5 Å². The van der Waals surface area contributed by atoms with Gasteiger partial charge in [0.1, 0.15) is 83.1 Å². The molecule has 3 fully saturated rings. The number of hydrogen-bond acceptors (Lipinski definition) is 30. The van der Waals surface area contributed by atoms with Gasteiger partial charge in [0, 0.05) is 98.6 Å². The van der Waals surface area contributed by atoms with Crippen LogP contribution in [0.25, 0.3) is 10.9 Å². The van der Waals surface area contributed by atoms with E-state index < -0.39 is 221 Å². The van der Waals surface area contributed by atoms with E-state index in [2.05, 4.69) is 63.5 Å². The highest BCUT2D eigenvalue weighted by Crippen LogP contribution is 2.49. The lowest BCUT2D eigenvalue weighted by Gasteiger charge is -2.55. The molecule has 22 N–H and O–H groups in total. The first-order chi connectivity index (χ1) is 65.5. The number of aliphatic hydroxyl groups excluding tert-OH is 2. The lowest BCUT2D eigenvalue weighted by molar-refractivity contribution is -0.377. The van der Waals surface area contributed by atoms with E-state index in [1.54, 1.807) is 92.9 Å². The number of fused-ring (bicyclic) bond motifs is 6. The number of unbranched alkanes of at least 4 members (excludes halogenated alkanes) is 1. The standard InChI is InChI=1S/C93H128ClN17O23S4/c1-48-21-20-27-73(131-12)92(129)41-72(132-91(128)109-92)49(2)79-50(3)93(133-79,42-75(116)111(10)70-38-58(35-48)39-71(130-11)76(70)94)134-90(127)53(6)110(9)74(115)32-34-135-136-45-67(80(97)117)104-82(119)52(5)100-81(118)51(4)101-88(125)77(54(7)112)108-87(124)69-47-138-137-46-68(105-83(120)63(96)37-56-22-14-13-15-23-56)86(123)102-60(36-57-28-30-61(114)31-29-57)44-99-66(40-59-43-98-64-25-17-16-24-62(59)64)85(122)103-65(26-18-19-33-95)84(121)107-78(55(8)113)89(126)106-69/h13-17,20-25,27-31,38-39,43,49-55,60,63,65-69,72-73,77-79,98-99,112-114,129H,18-19,26,32-37,40-42,44-47,95-96H2,1-12H3,(H2,97,117)(H,100,118)(H,101,125)(H,102,123)(H,103,122)(H,104,119)(H,105,120)(H,106,126)(H,107,121)(H,108,124)(H,109,128)/b27-20+,48-21+/t49-,50+,51+,52+,53+,54-,55-,60+,63-,65+,66-,67+,68+,69+,72+,73-,77+,78+,79+,92+,93?/m1/s1. The number of primary amides is 1. The van der Waals surface area contributed by atoms with Crippen molar-refractivity contribution < 1.29 is 111 Å². The summed E-state index contributed by atoms with van der Waals surface area (Å²) in [6, 6.07) is 9.01. The van der Waals surface area contributed by atoms with Crippen LogP contribution in [0.5, 0.6) is 11.5 Å². The first-order valence-electron chi connectivity index (χ1n) is 45.3. The molecule has 6 bridgehead atoms. The van der Waals surface area contributed by atoms with Gasteiger partial charge in [0.25, 0.3) is 0 Å². The second-order valence-corrected chi connectivity index (χ2v) is 40.6. The van der Waals surface area contributed by atoms with E-state index in [-0.39, 0.29) is 91.1 Å². The summed E-state index contributed by atoms with van der Waals surface area (Å²) in [7, 11) is 9.72. The average Bonchev–Trinajstić information content (AvgIpc) is 0.827. The molecule has 5 aliphatic heterocycles. The number of halogens is 1. The molecule has 6 heterocycles. The number of H-pyrrole nitrogens is 1. The zero-order chi connectivity index (χ0) is 101. The highest BCUT2D eigenvalue weighted by atomic mass is 35.5. The molecule has 0 saturated carbocycles. The number of likely N-dealkylation sites (N-methyl/N-ethyl adjacent to an activating group) is 1. The van der Waals surface area contributed by atoms with Crippen molar-refractivity contribution in [2.45, 2.75) is 234 Å². The maximum absolute atomic E-state index is 15.0. The monoisotopic (exact) mass is 2010 g/mol. The van der Waals surface area contributed by atoms with Crippen molar-refractivity contribution in [1.29, 1.82) is 0 Å². The van der Waals surface area contributed by atoms with Gasteiger partial charge in [-0.1, -0.05) is 153 Å². The van der Waals surface area contributed by atoms with Crippen molar-refractivity contribution in [1.82, 2.24) is 68.4 Å². The number of aromatic nitrogens is 1. The number of phenols is 1. The van der Waals surface area contributed by atoms with Crippen LogP contribution in [0.15, 0.2) is 121 Å². The number of methoxy groups -OCH3 is 2. The number of rotatable bonds is 34. The fraction of sp³-hybridized carbons (Fsp3) is 0.527. The number of nitrogens with one attached hydrogen (secondary N) is 12. The second-order valence-electron chi connectivity index (χ2n) is 35.0. The maximum atomic E-state index is 15.0. The van der Waals surface area contributed by atoms with Crippen LogP contribution >= 0.6 is 54.8 Å². The Balaban J connectivity index is 0.833. The molecule has 45 heteroatoms. The number of aromatic amines is 1. The third kappa shape index (κ3) is 30.6. The molecule has 5 aromatic rings. The number of ether oxygens (including phenoxy) is 5. The summed E-state index contributed by atoms with van der Waals surface area (Å²) in [6.45, 7) is 11.6. The van der Waals surface area contributed by atoms with Crippen LogP contribution in [-0.4, -0.2) is 292 Å². The fourth-order valence-electron chi connectivity index (χ4n) is 16.0. The number of amides is 13. The molecule has 1 aromatic heterocycles. The van der Waals surface area contributed by atoms with Gasteiger partial charge in [-0.05, 0) is 146 Å². The Bertz CT molecular complexity index is 5180. The number of aromatic hydroxyl groups is 1. The molecule has 3 saturated heterocycles. The molecular formula is C93H128ClN17O23S4. The molecule has 0 spiro atoms. The van der Waals surface area contributed by atoms with Crippen LogP contribution in [0.1, 0.15) is 116 Å². The number of esters is 1. The molecule has 0 radical (unpaired) electrons. The van der Waals surface area contributed by atoms with Crippen molar-refractivity contribution in [3.05, 3.63) is 148 Å². The minimum Gasteiger partial charge on any atom is -0.508 e. The third-order valence-corrected chi connectivity index (χ3v) is 29.7. The van der Waals surface area contributed by atoms with E-state index >= 15 is 9.59 Å². The van der Waals surface area contributed by atoms with Crippen molar-refractivity contribution in [2.24, 2.45) is 29.0 Å².